The predicted octanol–water partition coefficient (Wildman–Crippen LogP) is 1.44. The van der Waals surface area contributed by atoms with Crippen LogP contribution < -0.4 is 5.32 Å². The summed E-state index contributed by atoms with van der Waals surface area (Å²) in [7, 11) is 0. The zero-order chi connectivity index (χ0) is 19.1. The van der Waals surface area contributed by atoms with Crippen LogP contribution in [0.3, 0.4) is 0 Å². The molecule has 0 aromatic rings. The summed E-state index contributed by atoms with van der Waals surface area (Å²) in [6, 6.07) is -0.643. The minimum atomic E-state index is -4.30. The predicted molar refractivity (Wildman–Crippen MR) is 83.2 cm³/mol. The number of nitrogens with one attached hydrogen (secondary N) is 1. The molecule has 26 heavy (non-hydrogen) atoms. The van der Waals surface area contributed by atoms with E-state index in [-0.39, 0.29) is 37.8 Å². The van der Waals surface area contributed by atoms with Crippen LogP contribution >= 0.6 is 0 Å². The van der Waals surface area contributed by atoms with E-state index in [0.717, 1.165) is 0 Å². The number of urea groups is 1. The third-order valence-corrected chi connectivity index (χ3v) is 5.73. The van der Waals surface area contributed by atoms with Crippen molar-refractivity contribution in [3.05, 3.63) is 0 Å². The average molecular weight is 377 g/mol. The van der Waals surface area contributed by atoms with Gasteiger partial charge < -0.3 is 20.2 Å². The van der Waals surface area contributed by atoms with Gasteiger partial charge in [0.05, 0.1) is 11.3 Å². The van der Waals surface area contributed by atoms with Crippen molar-refractivity contribution in [1.29, 1.82) is 0 Å². The van der Waals surface area contributed by atoms with E-state index in [1.54, 1.807) is 4.90 Å². The number of piperidine rings is 1. The SMILES string of the molecule is O=C(O)C1CC(=O)N(C2CCN(C(=O)NCC3(C(F)(F)F)CC3)CC2)C1. The summed E-state index contributed by atoms with van der Waals surface area (Å²) in [4.78, 5) is 38.2. The first-order chi connectivity index (χ1) is 12.1. The standard InChI is InChI=1S/C16H22F3N3O4/c17-16(18,19)15(3-4-15)9-20-14(26)21-5-1-11(2-6-21)22-8-10(13(24)25)7-12(22)23/h10-11H,1-9H2,(H,20,26)(H,24,25). The van der Waals surface area contributed by atoms with Crippen molar-refractivity contribution in [3.63, 3.8) is 0 Å². The molecule has 3 rings (SSSR count). The van der Waals surface area contributed by atoms with Gasteiger partial charge in [0.1, 0.15) is 0 Å². The fraction of sp³-hybridized carbons (Fsp3) is 0.812. The van der Waals surface area contributed by atoms with E-state index in [9.17, 15) is 27.6 Å². The number of hydrogen-bond donors (Lipinski definition) is 2. The molecule has 0 bridgehead atoms. The van der Waals surface area contributed by atoms with Crippen LogP contribution in [0, 0.1) is 11.3 Å². The highest BCUT2D eigenvalue weighted by Gasteiger charge is 2.63. The molecule has 0 aromatic heterocycles. The van der Waals surface area contributed by atoms with E-state index in [1.807, 2.05) is 0 Å². The van der Waals surface area contributed by atoms with E-state index < -0.39 is 36.1 Å². The molecule has 2 heterocycles. The lowest BCUT2D eigenvalue weighted by Gasteiger charge is -2.37. The Morgan fingerprint density at radius 2 is 1.85 bits per heavy atom. The number of aliphatic carboxylic acids is 1. The van der Waals surface area contributed by atoms with Crippen molar-refractivity contribution in [3.8, 4) is 0 Å². The molecule has 3 amide bonds. The molecule has 146 valence electrons. The first-order valence-corrected chi connectivity index (χ1v) is 8.75. The maximum Gasteiger partial charge on any atom is 0.396 e. The molecule has 0 radical (unpaired) electrons. The molecule has 3 aliphatic rings. The lowest BCUT2D eigenvalue weighted by atomic mass is 10.0. The van der Waals surface area contributed by atoms with Crippen LogP contribution in [0.2, 0.25) is 0 Å². The van der Waals surface area contributed by atoms with Crippen LogP contribution in [0.1, 0.15) is 32.1 Å². The van der Waals surface area contributed by atoms with Crippen LogP contribution in [0.5, 0.6) is 0 Å². The Hall–Kier alpha value is -2.00. The summed E-state index contributed by atoms with van der Waals surface area (Å²) in [6.45, 7) is 0.438. The van der Waals surface area contributed by atoms with Crippen LogP contribution in [0.4, 0.5) is 18.0 Å². The minimum Gasteiger partial charge on any atom is -0.481 e. The summed E-state index contributed by atoms with van der Waals surface area (Å²) in [5.74, 6) is -1.88. The molecule has 10 heteroatoms. The third-order valence-electron chi connectivity index (χ3n) is 5.73. The van der Waals surface area contributed by atoms with Gasteiger partial charge in [-0.2, -0.15) is 13.2 Å². The van der Waals surface area contributed by atoms with Crippen molar-refractivity contribution in [1.82, 2.24) is 15.1 Å². The van der Waals surface area contributed by atoms with Crippen LogP contribution in [-0.4, -0.2) is 71.2 Å². The molecule has 0 aromatic carbocycles. The number of carboxylic acid groups (broad SMARTS) is 1. The number of carbonyl (C=O) groups excluding carboxylic acids is 2. The summed E-state index contributed by atoms with van der Waals surface area (Å²) >= 11 is 0. The topological polar surface area (TPSA) is 90.0 Å². The van der Waals surface area contributed by atoms with Gasteiger partial charge in [-0.1, -0.05) is 0 Å². The highest BCUT2D eigenvalue weighted by atomic mass is 19.4. The highest BCUT2D eigenvalue weighted by molar-refractivity contribution is 5.86. The Bertz CT molecular complexity index is 598. The second kappa shape index (κ2) is 6.62. The van der Waals surface area contributed by atoms with E-state index in [2.05, 4.69) is 5.32 Å². The zero-order valence-corrected chi connectivity index (χ0v) is 14.2. The Labute approximate surface area is 148 Å². The van der Waals surface area contributed by atoms with Crippen molar-refractivity contribution in [2.45, 2.75) is 44.3 Å². The molecule has 1 saturated carbocycles. The van der Waals surface area contributed by atoms with Gasteiger partial charge >= 0.3 is 18.2 Å². The average Bonchev–Trinajstić information content (AvgIpc) is 3.28. The van der Waals surface area contributed by atoms with Crippen LogP contribution in [0.25, 0.3) is 0 Å². The Morgan fingerprint density at radius 3 is 2.31 bits per heavy atom. The molecule has 0 spiro atoms. The van der Waals surface area contributed by atoms with Gasteiger partial charge in [-0.25, -0.2) is 4.79 Å². The lowest BCUT2D eigenvalue weighted by molar-refractivity contribution is -0.184. The van der Waals surface area contributed by atoms with E-state index in [0.29, 0.717) is 25.9 Å². The maximum absolute atomic E-state index is 12.9. The van der Waals surface area contributed by atoms with Gasteiger partial charge in [-0.3, -0.25) is 9.59 Å². The molecule has 1 aliphatic carbocycles. The second-order valence-corrected chi connectivity index (χ2v) is 7.44. The number of carboxylic acids is 1. The molecule has 2 saturated heterocycles. The summed E-state index contributed by atoms with van der Waals surface area (Å²) < 4.78 is 38.7. The smallest absolute Gasteiger partial charge is 0.396 e. The van der Waals surface area contributed by atoms with Gasteiger partial charge in [0.2, 0.25) is 5.91 Å². The van der Waals surface area contributed by atoms with Gasteiger partial charge in [0.25, 0.3) is 0 Å². The van der Waals surface area contributed by atoms with Gasteiger partial charge in [0.15, 0.2) is 0 Å². The highest BCUT2D eigenvalue weighted by Crippen LogP contribution is 2.57. The van der Waals surface area contributed by atoms with Gasteiger partial charge in [-0.15, -0.1) is 0 Å². The van der Waals surface area contributed by atoms with Crippen LogP contribution in [0.15, 0.2) is 0 Å². The summed E-state index contributed by atoms with van der Waals surface area (Å²) in [6.07, 6.45) is -3.23. The van der Waals surface area contributed by atoms with E-state index in [4.69, 9.17) is 5.11 Å². The molecule has 2 aliphatic heterocycles. The largest absolute Gasteiger partial charge is 0.481 e. The molecule has 1 unspecified atom stereocenters. The normalized spacial score (nSPS) is 26.1. The maximum atomic E-state index is 12.9. The van der Waals surface area contributed by atoms with Gasteiger partial charge in [0, 0.05) is 38.6 Å². The van der Waals surface area contributed by atoms with Crippen LogP contribution in [-0.2, 0) is 9.59 Å². The number of hydrogen-bond acceptors (Lipinski definition) is 3. The summed E-state index contributed by atoms with van der Waals surface area (Å²) in [5, 5.41) is 11.4. The molecular weight excluding hydrogens is 355 g/mol. The quantitative estimate of drug-likeness (QED) is 0.776. The zero-order valence-electron chi connectivity index (χ0n) is 14.2. The third kappa shape index (κ3) is 3.59. The fourth-order valence-electron chi connectivity index (χ4n) is 3.70. The number of halogens is 3. The number of amides is 3. The van der Waals surface area contributed by atoms with Crippen molar-refractivity contribution in [2.24, 2.45) is 11.3 Å². The van der Waals surface area contributed by atoms with E-state index >= 15 is 0 Å². The first-order valence-electron chi connectivity index (χ1n) is 8.75. The Balaban J connectivity index is 1.46. The van der Waals surface area contributed by atoms with Crippen molar-refractivity contribution < 1.29 is 32.7 Å². The number of alkyl halides is 3. The number of likely N-dealkylation sites (tertiary alicyclic amines) is 2. The Morgan fingerprint density at radius 1 is 1.23 bits per heavy atom. The number of nitrogens with zero attached hydrogens (tertiary/aromatic N) is 2. The number of rotatable bonds is 4. The first kappa shape index (κ1) is 18.8. The minimum absolute atomic E-state index is 0.00441. The molecule has 3 fully saturated rings. The molecular formula is C16H22F3N3O4. The number of carbonyl (C=O) groups is 3. The second-order valence-electron chi connectivity index (χ2n) is 7.44. The summed E-state index contributed by atoms with van der Waals surface area (Å²) in [5.41, 5.74) is -1.77. The van der Waals surface area contributed by atoms with Crippen molar-refractivity contribution in [2.75, 3.05) is 26.2 Å². The molecule has 1 atom stereocenters. The molecule has 7 nitrogen and oxygen atoms in total. The van der Waals surface area contributed by atoms with Crippen molar-refractivity contribution >= 4 is 17.9 Å². The lowest BCUT2D eigenvalue weighted by Crippen LogP contribution is -2.51. The Kier molecular flexibility index (Phi) is 4.78. The molecule has 2 N–H and O–H groups in total. The monoisotopic (exact) mass is 377 g/mol. The fourth-order valence-corrected chi connectivity index (χ4v) is 3.70. The van der Waals surface area contributed by atoms with E-state index in [1.165, 1.54) is 4.90 Å². The van der Waals surface area contributed by atoms with Gasteiger partial charge in [-0.05, 0) is 25.7 Å².